The van der Waals surface area contributed by atoms with Crippen LogP contribution in [0.1, 0.15) is 45.6 Å². The number of halogens is 2. The van der Waals surface area contributed by atoms with Crippen LogP contribution in [0.3, 0.4) is 0 Å². The zero-order valence-electron chi connectivity index (χ0n) is 19.8. The van der Waals surface area contributed by atoms with E-state index in [0.717, 1.165) is 50.1 Å². The highest BCUT2D eigenvalue weighted by Gasteiger charge is 2.32. The monoisotopic (exact) mass is 475 g/mol. The summed E-state index contributed by atoms with van der Waals surface area (Å²) in [5.74, 6) is 0.387. The highest BCUT2D eigenvalue weighted by molar-refractivity contribution is 6.30. The number of nitrogens with zero attached hydrogens (tertiary/aromatic N) is 2. The van der Waals surface area contributed by atoms with Gasteiger partial charge in [-0.1, -0.05) is 43.5 Å². The van der Waals surface area contributed by atoms with Gasteiger partial charge >= 0.3 is 0 Å². The van der Waals surface area contributed by atoms with Crippen molar-refractivity contribution in [3.8, 4) is 5.75 Å². The van der Waals surface area contributed by atoms with Crippen LogP contribution in [0.15, 0.2) is 42.5 Å². The van der Waals surface area contributed by atoms with Gasteiger partial charge in [0.15, 0.2) is 6.61 Å². The van der Waals surface area contributed by atoms with E-state index in [1.807, 2.05) is 29.2 Å². The Kier molecular flexibility index (Phi) is 9.39. The molecular weight excluding hydrogens is 441 g/mol. The lowest BCUT2D eigenvalue weighted by Crippen LogP contribution is -2.58. The van der Waals surface area contributed by atoms with Crippen molar-refractivity contribution in [1.29, 1.82) is 0 Å². The molecule has 1 fully saturated rings. The van der Waals surface area contributed by atoms with Gasteiger partial charge in [-0.3, -0.25) is 9.69 Å². The van der Waals surface area contributed by atoms with Crippen LogP contribution in [0.25, 0.3) is 0 Å². The molecule has 0 aromatic heterocycles. The maximum absolute atomic E-state index is 13.2. The number of rotatable bonds is 10. The molecule has 0 spiro atoms. The van der Waals surface area contributed by atoms with E-state index in [2.05, 4.69) is 31.0 Å². The maximum atomic E-state index is 13.2. The summed E-state index contributed by atoms with van der Waals surface area (Å²) in [5.41, 5.74) is 1.89. The molecular formula is C26H35ClFN3O2. The van der Waals surface area contributed by atoms with Crippen LogP contribution in [0.5, 0.6) is 5.75 Å². The van der Waals surface area contributed by atoms with Gasteiger partial charge in [-0.15, -0.1) is 0 Å². The van der Waals surface area contributed by atoms with Crippen molar-refractivity contribution in [3.63, 3.8) is 0 Å². The fraction of sp³-hybridized carbons (Fsp3) is 0.500. The zero-order valence-corrected chi connectivity index (χ0v) is 20.6. The molecule has 2 aromatic rings. The third-order valence-electron chi connectivity index (χ3n) is 6.12. The van der Waals surface area contributed by atoms with E-state index >= 15 is 0 Å². The molecule has 0 radical (unpaired) electrons. The van der Waals surface area contributed by atoms with E-state index in [4.69, 9.17) is 16.3 Å². The molecule has 0 bridgehead atoms. The maximum Gasteiger partial charge on any atom is 0.260 e. The van der Waals surface area contributed by atoms with Crippen LogP contribution in [-0.2, 0) is 11.3 Å². The van der Waals surface area contributed by atoms with Gasteiger partial charge in [0.05, 0.1) is 5.69 Å². The molecule has 1 amide bonds. The molecule has 0 aliphatic carbocycles. The Hall–Kier alpha value is -2.31. The first-order chi connectivity index (χ1) is 15.9. The van der Waals surface area contributed by atoms with Crippen molar-refractivity contribution in [3.05, 3.63) is 58.9 Å². The van der Waals surface area contributed by atoms with Crippen LogP contribution < -0.4 is 10.1 Å². The van der Waals surface area contributed by atoms with Gasteiger partial charge in [-0.05, 0) is 56.2 Å². The fourth-order valence-corrected chi connectivity index (χ4v) is 4.35. The van der Waals surface area contributed by atoms with E-state index in [1.165, 1.54) is 12.1 Å². The van der Waals surface area contributed by atoms with E-state index < -0.39 is 0 Å². The number of nitrogens with one attached hydrogen (secondary N) is 1. The van der Waals surface area contributed by atoms with E-state index in [0.29, 0.717) is 17.3 Å². The van der Waals surface area contributed by atoms with Crippen molar-refractivity contribution in [2.75, 3.05) is 31.6 Å². The van der Waals surface area contributed by atoms with E-state index in [9.17, 15) is 9.18 Å². The molecule has 33 heavy (non-hydrogen) atoms. The quantitative estimate of drug-likeness (QED) is 0.455. The summed E-state index contributed by atoms with van der Waals surface area (Å²) in [6.45, 7) is 9.30. The standard InChI is InChI=1S/C26H35ClFN3O2/c1-4-5-6-13-29-24-14-22(27)9-12-25(24)33-18-26(32)31-16-19(2)30(15-20(31)3)17-21-7-10-23(28)11-8-21/h7-12,14,19-20,29H,4-6,13,15-18H2,1-3H3. The predicted molar refractivity (Wildman–Crippen MR) is 132 cm³/mol. The minimum absolute atomic E-state index is 0.0136. The summed E-state index contributed by atoms with van der Waals surface area (Å²) in [7, 11) is 0. The number of hydrogen-bond donors (Lipinski definition) is 1. The Labute approximate surface area is 201 Å². The van der Waals surface area contributed by atoms with Crippen LogP contribution >= 0.6 is 11.6 Å². The lowest BCUT2D eigenvalue weighted by atomic mass is 10.1. The summed E-state index contributed by atoms with van der Waals surface area (Å²) in [4.78, 5) is 17.2. The van der Waals surface area contributed by atoms with Gasteiger partial charge in [0.25, 0.3) is 5.91 Å². The van der Waals surface area contributed by atoms with E-state index in [1.54, 1.807) is 6.07 Å². The topological polar surface area (TPSA) is 44.8 Å². The Balaban J connectivity index is 1.55. The molecule has 1 aliphatic rings. The average molecular weight is 476 g/mol. The number of carbonyl (C=O) groups is 1. The van der Waals surface area contributed by atoms with Gasteiger partial charge in [0, 0.05) is 43.3 Å². The Bertz CT molecular complexity index is 909. The minimum atomic E-state index is -0.226. The third kappa shape index (κ3) is 7.34. The van der Waals surface area contributed by atoms with Gasteiger partial charge in [-0.2, -0.15) is 0 Å². The molecule has 1 saturated heterocycles. The second kappa shape index (κ2) is 12.2. The summed E-state index contributed by atoms with van der Waals surface area (Å²) < 4.78 is 19.1. The highest BCUT2D eigenvalue weighted by Crippen LogP contribution is 2.28. The number of unbranched alkanes of at least 4 members (excludes halogenated alkanes) is 2. The first kappa shape index (κ1) is 25.3. The summed E-state index contributed by atoms with van der Waals surface area (Å²) in [5, 5.41) is 4.01. The molecule has 0 saturated carbocycles. The lowest BCUT2D eigenvalue weighted by Gasteiger charge is -2.44. The smallest absolute Gasteiger partial charge is 0.260 e. The number of benzene rings is 2. The number of amides is 1. The SMILES string of the molecule is CCCCCNc1cc(Cl)ccc1OCC(=O)N1CC(C)N(Cc2ccc(F)cc2)CC1C. The molecule has 1 N–H and O–H groups in total. The number of carbonyl (C=O) groups excluding carboxylic acids is 1. The lowest BCUT2D eigenvalue weighted by molar-refractivity contribution is -0.139. The van der Waals surface area contributed by atoms with Crippen LogP contribution in [0, 0.1) is 5.82 Å². The van der Waals surface area contributed by atoms with Gasteiger partial charge < -0.3 is 15.0 Å². The molecule has 1 heterocycles. The summed E-state index contributed by atoms with van der Waals surface area (Å²) in [6, 6.07) is 12.3. The van der Waals surface area contributed by atoms with Crippen LogP contribution in [-0.4, -0.2) is 54.0 Å². The fourth-order valence-electron chi connectivity index (χ4n) is 4.18. The Morgan fingerprint density at radius 1 is 1.12 bits per heavy atom. The number of anilines is 1. The molecule has 2 aromatic carbocycles. The first-order valence-corrected chi connectivity index (χ1v) is 12.2. The number of piperazine rings is 1. The molecule has 3 rings (SSSR count). The van der Waals surface area contributed by atoms with Crippen LogP contribution in [0.2, 0.25) is 5.02 Å². The second-order valence-corrected chi connectivity index (χ2v) is 9.30. The van der Waals surface area contributed by atoms with Crippen molar-refractivity contribution in [2.45, 2.75) is 58.7 Å². The van der Waals surface area contributed by atoms with Crippen molar-refractivity contribution < 1.29 is 13.9 Å². The van der Waals surface area contributed by atoms with Gasteiger partial charge in [-0.25, -0.2) is 4.39 Å². The molecule has 5 nitrogen and oxygen atoms in total. The zero-order chi connectivity index (χ0) is 23.8. The normalized spacial score (nSPS) is 18.9. The minimum Gasteiger partial charge on any atom is -0.482 e. The van der Waals surface area contributed by atoms with Crippen LogP contribution in [0.4, 0.5) is 10.1 Å². The third-order valence-corrected chi connectivity index (χ3v) is 6.36. The largest absolute Gasteiger partial charge is 0.482 e. The first-order valence-electron chi connectivity index (χ1n) is 11.8. The highest BCUT2D eigenvalue weighted by atomic mass is 35.5. The molecule has 7 heteroatoms. The second-order valence-electron chi connectivity index (χ2n) is 8.86. The number of hydrogen-bond acceptors (Lipinski definition) is 4. The average Bonchev–Trinajstić information content (AvgIpc) is 2.79. The molecule has 2 unspecified atom stereocenters. The van der Waals surface area contributed by atoms with Crippen molar-refractivity contribution >= 4 is 23.2 Å². The van der Waals surface area contributed by atoms with Crippen molar-refractivity contribution in [1.82, 2.24) is 9.80 Å². The summed E-state index contributed by atoms with van der Waals surface area (Å²) in [6.07, 6.45) is 3.38. The Morgan fingerprint density at radius 2 is 1.88 bits per heavy atom. The van der Waals surface area contributed by atoms with Gasteiger partial charge in [0.1, 0.15) is 11.6 Å². The molecule has 2 atom stereocenters. The molecule has 1 aliphatic heterocycles. The molecule has 180 valence electrons. The van der Waals surface area contributed by atoms with Gasteiger partial charge in [0.2, 0.25) is 0 Å². The predicted octanol–water partition coefficient (Wildman–Crippen LogP) is 5.58. The number of ether oxygens (including phenoxy) is 1. The van der Waals surface area contributed by atoms with Crippen molar-refractivity contribution in [2.24, 2.45) is 0 Å². The Morgan fingerprint density at radius 3 is 2.61 bits per heavy atom. The van der Waals surface area contributed by atoms with E-state index in [-0.39, 0.29) is 30.4 Å². The summed E-state index contributed by atoms with van der Waals surface area (Å²) >= 11 is 6.16.